The molecule has 0 bridgehead atoms. The van der Waals surface area contributed by atoms with Gasteiger partial charge in [-0.3, -0.25) is 4.98 Å². The standard InChI is InChI=1S/C14H19N3/c1-9(2)11-5-12-8-16-14(17-10(3)4)6-13(12)15-7-11/h5-10H,1-4H3,(H,16,17). The normalized spacial score (nSPS) is 11.4. The fourth-order valence-electron chi connectivity index (χ4n) is 1.73. The van der Waals surface area contributed by atoms with Crippen LogP contribution in [0.25, 0.3) is 10.9 Å². The van der Waals surface area contributed by atoms with Crippen LogP contribution in [-0.4, -0.2) is 16.0 Å². The summed E-state index contributed by atoms with van der Waals surface area (Å²) in [5.41, 5.74) is 2.25. The van der Waals surface area contributed by atoms with Crippen LogP contribution in [0.5, 0.6) is 0 Å². The SMILES string of the molecule is CC(C)Nc1cc2ncc(C(C)C)cc2cn1. The lowest BCUT2D eigenvalue weighted by molar-refractivity contribution is 0.861. The van der Waals surface area contributed by atoms with Crippen molar-refractivity contribution in [2.75, 3.05) is 5.32 Å². The Kier molecular flexibility index (Phi) is 3.27. The molecule has 0 aromatic carbocycles. The predicted octanol–water partition coefficient (Wildman–Crippen LogP) is 3.57. The second-order valence-electron chi connectivity index (χ2n) is 4.98. The van der Waals surface area contributed by atoms with E-state index in [-0.39, 0.29) is 0 Å². The Hall–Kier alpha value is -1.64. The molecule has 0 amide bonds. The maximum absolute atomic E-state index is 4.49. The fourth-order valence-corrected chi connectivity index (χ4v) is 1.73. The summed E-state index contributed by atoms with van der Waals surface area (Å²) in [5, 5.41) is 4.39. The number of hydrogen-bond acceptors (Lipinski definition) is 3. The highest BCUT2D eigenvalue weighted by atomic mass is 15.0. The van der Waals surface area contributed by atoms with E-state index >= 15 is 0 Å². The van der Waals surface area contributed by atoms with Gasteiger partial charge in [0.2, 0.25) is 0 Å². The summed E-state index contributed by atoms with van der Waals surface area (Å²) in [4.78, 5) is 8.89. The third kappa shape index (κ3) is 2.73. The van der Waals surface area contributed by atoms with Crippen LogP contribution in [-0.2, 0) is 0 Å². The van der Waals surface area contributed by atoms with Crippen LogP contribution in [0.15, 0.2) is 24.5 Å². The molecule has 3 nitrogen and oxygen atoms in total. The molecule has 90 valence electrons. The zero-order valence-electron chi connectivity index (χ0n) is 10.9. The molecular weight excluding hydrogens is 210 g/mol. The van der Waals surface area contributed by atoms with Crippen molar-refractivity contribution in [2.45, 2.75) is 39.7 Å². The lowest BCUT2D eigenvalue weighted by atomic mass is 10.0. The summed E-state index contributed by atoms with van der Waals surface area (Å²) in [7, 11) is 0. The van der Waals surface area contributed by atoms with Gasteiger partial charge in [-0.1, -0.05) is 13.8 Å². The van der Waals surface area contributed by atoms with Crippen molar-refractivity contribution < 1.29 is 0 Å². The van der Waals surface area contributed by atoms with E-state index in [1.54, 1.807) is 0 Å². The van der Waals surface area contributed by atoms with E-state index < -0.39 is 0 Å². The van der Waals surface area contributed by atoms with Gasteiger partial charge in [-0.25, -0.2) is 4.98 Å². The minimum Gasteiger partial charge on any atom is -0.368 e. The van der Waals surface area contributed by atoms with Crippen LogP contribution < -0.4 is 5.32 Å². The Balaban J connectivity index is 2.39. The van der Waals surface area contributed by atoms with Gasteiger partial charge in [0.15, 0.2) is 0 Å². The molecule has 0 unspecified atom stereocenters. The van der Waals surface area contributed by atoms with E-state index in [4.69, 9.17) is 0 Å². The van der Waals surface area contributed by atoms with Gasteiger partial charge in [-0.05, 0) is 31.4 Å². The molecule has 3 heteroatoms. The highest BCUT2D eigenvalue weighted by molar-refractivity contribution is 5.80. The maximum atomic E-state index is 4.49. The average molecular weight is 229 g/mol. The number of nitrogens with one attached hydrogen (secondary N) is 1. The molecule has 0 fully saturated rings. The average Bonchev–Trinajstić information content (AvgIpc) is 2.27. The molecular formula is C14H19N3. The van der Waals surface area contributed by atoms with Crippen molar-refractivity contribution in [3.05, 3.63) is 30.1 Å². The minimum atomic E-state index is 0.384. The van der Waals surface area contributed by atoms with Gasteiger partial charge in [0.05, 0.1) is 5.52 Å². The topological polar surface area (TPSA) is 37.8 Å². The van der Waals surface area contributed by atoms with Crippen molar-refractivity contribution in [1.29, 1.82) is 0 Å². The van der Waals surface area contributed by atoms with Crippen molar-refractivity contribution in [3.8, 4) is 0 Å². The number of pyridine rings is 2. The summed E-state index contributed by atoms with van der Waals surface area (Å²) in [6.45, 7) is 8.54. The smallest absolute Gasteiger partial charge is 0.128 e. The second kappa shape index (κ2) is 4.70. The first kappa shape index (κ1) is 11.8. The van der Waals surface area contributed by atoms with Gasteiger partial charge in [0.1, 0.15) is 5.82 Å². The van der Waals surface area contributed by atoms with Crippen LogP contribution in [0.1, 0.15) is 39.2 Å². The fraction of sp³-hybridized carbons (Fsp3) is 0.429. The molecule has 2 rings (SSSR count). The molecule has 0 saturated heterocycles. The van der Waals surface area contributed by atoms with Crippen LogP contribution in [0.2, 0.25) is 0 Å². The number of fused-ring (bicyclic) bond motifs is 1. The number of rotatable bonds is 3. The molecule has 0 aliphatic heterocycles. The van der Waals surface area contributed by atoms with Crippen molar-refractivity contribution >= 4 is 16.7 Å². The first-order valence-corrected chi connectivity index (χ1v) is 6.08. The van der Waals surface area contributed by atoms with Crippen LogP contribution >= 0.6 is 0 Å². The molecule has 17 heavy (non-hydrogen) atoms. The Morgan fingerprint density at radius 3 is 2.41 bits per heavy atom. The number of anilines is 1. The molecule has 2 aromatic heterocycles. The molecule has 0 atom stereocenters. The van der Waals surface area contributed by atoms with Gasteiger partial charge < -0.3 is 5.32 Å². The zero-order chi connectivity index (χ0) is 12.4. The Morgan fingerprint density at radius 2 is 1.76 bits per heavy atom. The first-order chi connectivity index (χ1) is 8.06. The summed E-state index contributed by atoms with van der Waals surface area (Å²) in [6.07, 6.45) is 3.84. The monoisotopic (exact) mass is 229 g/mol. The Labute approximate surface area is 102 Å². The summed E-state index contributed by atoms with van der Waals surface area (Å²) in [6, 6.07) is 4.55. The molecule has 2 heterocycles. The molecule has 0 spiro atoms. The predicted molar refractivity (Wildman–Crippen MR) is 72.4 cm³/mol. The number of hydrogen-bond donors (Lipinski definition) is 1. The first-order valence-electron chi connectivity index (χ1n) is 6.08. The second-order valence-corrected chi connectivity index (χ2v) is 4.98. The Morgan fingerprint density at radius 1 is 1.00 bits per heavy atom. The van der Waals surface area contributed by atoms with Crippen LogP contribution in [0.4, 0.5) is 5.82 Å². The number of nitrogens with zero attached hydrogens (tertiary/aromatic N) is 2. The highest BCUT2D eigenvalue weighted by Gasteiger charge is 2.04. The van der Waals surface area contributed by atoms with Gasteiger partial charge in [-0.2, -0.15) is 0 Å². The van der Waals surface area contributed by atoms with E-state index in [2.05, 4.69) is 49.0 Å². The molecule has 2 aromatic rings. The van der Waals surface area contributed by atoms with Crippen LogP contribution in [0.3, 0.4) is 0 Å². The van der Waals surface area contributed by atoms with E-state index in [0.717, 1.165) is 16.7 Å². The number of aromatic nitrogens is 2. The molecule has 1 N–H and O–H groups in total. The van der Waals surface area contributed by atoms with E-state index in [9.17, 15) is 0 Å². The summed E-state index contributed by atoms with van der Waals surface area (Å²) in [5.74, 6) is 1.39. The van der Waals surface area contributed by atoms with Gasteiger partial charge in [0, 0.05) is 29.9 Å². The summed E-state index contributed by atoms with van der Waals surface area (Å²) < 4.78 is 0. The van der Waals surface area contributed by atoms with Crippen molar-refractivity contribution in [1.82, 2.24) is 9.97 Å². The lowest BCUT2D eigenvalue weighted by Gasteiger charge is -2.10. The van der Waals surface area contributed by atoms with Crippen LogP contribution in [0, 0.1) is 0 Å². The zero-order valence-corrected chi connectivity index (χ0v) is 10.9. The quantitative estimate of drug-likeness (QED) is 0.874. The lowest BCUT2D eigenvalue weighted by Crippen LogP contribution is -2.10. The van der Waals surface area contributed by atoms with Gasteiger partial charge >= 0.3 is 0 Å². The van der Waals surface area contributed by atoms with E-state index in [1.807, 2.05) is 18.5 Å². The molecule has 0 saturated carbocycles. The maximum Gasteiger partial charge on any atom is 0.128 e. The third-order valence-corrected chi connectivity index (χ3v) is 2.69. The van der Waals surface area contributed by atoms with Gasteiger partial charge in [0.25, 0.3) is 0 Å². The Bertz CT molecular complexity index is 518. The highest BCUT2D eigenvalue weighted by Crippen LogP contribution is 2.20. The molecule has 0 aliphatic rings. The third-order valence-electron chi connectivity index (χ3n) is 2.69. The minimum absolute atomic E-state index is 0.384. The molecule has 0 radical (unpaired) electrons. The van der Waals surface area contributed by atoms with E-state index in [0.29, 0.717) is 12.0 Å². The van der Waals surface area contributed by atoms with Crippen molar-refractivity contribution in [2.24, 2.45) is 0 Å². The van der Waals surface area contributed by atoms with E-state index in [1.165, 1.54) is 5.56 Å². The van der Waals surface area contributed by atoms with Gasteiger partial charge in [-0.15, -0.1) is 0 Å². The largest absolute Gasteiger partial charge is 0.368 e. The van der Waals surface area contributed by atoms with Crippen molar-refractivity contribution in [3.63, 3.8) is 0 Å². The summed E-state index contributed by atoms with van der Waals surface area (Å²) >= 11 is 0. The molecule has 0 aliphatic carbocycles.